The summed E-state index contributed by atoms with van der Waals surface area (Å²) >= 11 is 0. The van der Waals surface area contributed by atoms with Crippen molar-refractivity contribution >= 4 is 41.2 Å². The predicted octanol–water partition coefficient (Wildman–Crippen LogP) is 3.29. The van der Waals surface area contributed by atoms with Crippen molar-refractivity contribution in [1.82, 2.24) is 10.2 Å². The van der Waals surface area contributed by atoms with Crippen molar-refractivity contribution in [2.45, 2.75) is 13.5 Å². The van der Waals surface area contributed by atoms with Crippen LogP contribution in [0.2, 0.25) is 0 Å². The molecule has 0 radical (unpaired) electrons. The lowest BCUT2D eigenvalue weighted by atomic mass is 10.1. The molecule has 1 aliphatic rings. The average Bonchev–Trinajstić information content (AvgIpc) is 3.17. The lowest BCUT2D eigenvalue weighted by Crippen LogP contribution is -2.40. The number of hydrogen-bond donors (Lipinski definition) is 2. The summed E-state index contributed by atoms with van der Waals surface area (Å²) in [6.07, 6.45) is -0.840. The molecule has 2 N–H and O–H groups in total. The molecule has 4 rings (SSSR count). The van der Waals surface area contributed by atoms with E-state index in [9.17, 15) is 34.1 Å². The summed E-state index contributed by atoms with van der Waals surface area (Å²) in [6.45, 7) is 1.37. The van der Waals surface area contributed by atoms with Gasteiger partial charge in [-0.15, -0.1) is 0 Å². The van der Waals surface area contributed by atoms with Gasteiger partial charge in [0.1, 0.15) is 12.3 Å². The quantitative estimate of drug-likeness (QED) is 0.134. The topological polar surface area (TPSA) is 174 Å². The molecular weight excluding hydrogens is 524 g/mol. The maximum Gasteiger partial charge on any atom is 0.513 e. The van der Waals surface area contributed by atoms with Gasteiger partial charge < -0.3 is 20.1 Å². The zero-order valence-corrected chi connectivity index (χ0v) is 21.0. The number of non-ortho nitro benzene ring substituents is 1. The summed E-state index contributed by atoms with van der Waals surface area (Å²) in [7, 11) is 0. The van der Waals surface area contributed by atoms with E-state index in [4.69, 9.17) is 9.47 Å². The van der Waals surface area contributed by atoms with E-state index >= 15 is 0 Å². The lowest BCUT2D eigenvalue weighted by molar-refractivity contribution is -0.384. The summed E-state index contributed by atoms with van der Waals surface area (Å²) < 4.78 is 9.65. The SMILES string of the molecule is CCOC(=O)Oc1ccc(C(=O)Nc2ccc(CNC(=O)CN3C(=O)c4ccc([N+](=O)[O-])cc4C3=O)cc2)cc1. The molecule has 3 aromatic rings. The molecular formula is C27H22N4O9. The van der Waals surface area contributed by atoms with Gasteiger partial charge in [0, 0.05) is 29.9 Å². The van der Waals surface area contributed by atoms with Gasteiger partial charge in [-0.05, 0) is 55.0 Å². The highest BCUT2D eigenvalue weighted by Crippen LogP contribution is 2.26. The second kappa shape index (κ2) is 11.9. The fourth-order valence-corrected chi connectivity index (χ4v) is 3.76. The lowest BCUT2D eigenvalue weighted by Gasteiger charge is -2.14. The molecule has 13 nitrogen and oxygen atoms in total. The number of nitro groups is 1. The van der Waals surface area contributed by atoms with Crippen molar-refractivity contribution in [3.63, 3.8) is 0 Å². The van der Waals surface area contributed by atoms with Crippen LogP contribution in [0.4, 0.5) is 16.2 Å². The van der Waals surface area contributed by atoms with Crippen LogP contribution >= 0.6 is 0 Å². The van der Waals surface area contributed by atoms with E-state index in [1.54, 1.807) is 31.2 Å². The van der Waals surface area contributed by atoms with E-state index in [1.807, 2.05) is 0 Å². The third-order valence-electron chi connectivity index (χ3n) is 5.75. The molecule has 0 saturated carbocycles. The number of fused-ring (bicyclic) bond motifs is 1. The zero-order chi connectivity index (χ0) is 28.8. The number of carbonyl (C=O) groups is 5. The molecule has 204 valence electrons. The van der Waals surface area contributed by atoms with Crippen molar-refractivity contribution in [3.8, 4) is 5.75 Å². The Balaban J connectivity index is 1.27. The van der Waals surface area contributed by atoms with Crippen LogP contribution in [0.25, 0.3) is 0 Å². The second-order valence-corrected chi connectivity index (χ2v) is 8.42. The molecule has 1 aliphatic heterocycles. The van der Waals surface area contributed by atoms with Crippen LogP contribution in [-0.2, 0) is 16.1 Å². The first-order chi connectivity index (χ1) is 19.2. The Morgan fingerprint density at radius 3 is 2.25 bits per heavy atom. The van der Waals surface area contributed by atoms with Gasteiger partial charge in [0.25, 0.3) is 23.4 Å². The molecule has 1 heterocycles. The van der Waals surface area contributed by atoms with Crippen molar-refractivity contribution in [2.75, 3.05) is 18.5 Å². The van der Waals surface area contributed by atoms with Gasteiger partial charge in [-0.2, -0.15) is 0 Å². The fourth-order valence-electron chi connectivity index (χ4n) is 3.76. The highest BCUT2D eigenvalue weighted by atomic mass is 16.7. The van der Waals surface area contributed by atoms with E-state index in [0.29, 0.717) is 16.8 Å². The third-order valence-corrected chi connectivity index (χ3v) is 5.75. The highest BCUT2D eigenvalue weighted by Gasteiger charge is 2.37. The number of nitro benzene ring substituents is 1. The Kier molecular flexibility index (Phi) is 8.13. The Bertz CT molecular complexity index is 1500. The zero-order valence-electron chi connectivity index (χ0n) is 21.0. The molecule has 4 amide bonds. The largest absolute Gasteiger partial charge is 0.513 e. The molecule has 0 atom stereocenters. The number of nitrogens with zero attached hydrogens (tertiary/aromatic N) is 2. The van der Waals surface area contributed by atoms with Crippen molar-refractivity contribution in [1.29, 1.82) is 0 Å². The van der Waals surface area contributed by atoms with Gasteiger partial charge in [0.2, 0.25) is 5.91 Å². The van der Waals surface area contributed by atoms with Crippen LogP contribution in [0.5, 0.6) is 5.75 Å². The maximum atomic E-state index is 12.5. The number of hydrogen-bond acceptors (Lipinski definition) is 9. The Morgan fingerprint density at radius 1 is 0.925 bits per heavy atom. The number of amides is 4. The van der Waals surface area contributed by atoms with Gasteiger partial charge in [-0.1, -0.05) is 12.1 Å². The molecule has 13 heteroatoms. The minimum Gasteiger partial charge on any atom is -0.434 e. The molecule has 0 aromatic heterocycles. The first-order valence-corrected chi connectivity index (χ1v) is 11.9. The molecule has 0 bridgehead atoms. The van der Waals surface area contributed by atoms with Crippen LogP contribution < -0.4 is 15.4 Å². The average molecular weight is 546 g/mol. The number of imide groups is 1. The number of carbonyl (C=O) groups excluding carboxylic acids is 5. The number of rotatable bonds is 9. The maximum absolute atomic E-state index is 12.5. The van der Waals surface area contributed by atoms with Gasteiger partial charge >= 0.3 is 6.16 Å². The van der Waals surface area contributed by atoms with Gasteiger partial charge in [0.15, 0.2) is 0 Å². The standard InChI is InChI=1S/C27H22N4O9/c1-2-39-27(36)40-20-10-5-17(6-11-20)24(33)29-18-7-3-16(4-8-18)14-28-23(32)15-30-25(34)21-12-9-19(31(37)38)13-22(21)26(30)35/h3-13H,2,14-15H2,1H3,(H,28,32)(H,29,33). The smallest absolute Gasteiger partial charge is 0.434 e. The number of benzene rings is 3. The van der Waals surface area contributed by atoms with Crippen LogP contribution in [0.3, 0.4) is 0 Å². The molecule has 0 saturated heterocycles. The molecule has 40 heavy (non-hydrogen) atoms. The number of ether oxygens (including phenoxy) is 2. The van der Waals surface area contributed by atoms with Gasteiger partial charge in [-0.3, -0.25) is 34.2 Å². The first kappa shape index (κ1) is 27.4. The van der Waals surface area contributed by atoms with E-state index in [2.05, 4.69) is 10.6 Å². The summed E-state index contributed by atoms with van der Waals surface area (Å²) in [4.78, 5) is 72.4. The predicted molar refractivity (Wildman–Crippen MR) is 139 cm³/mol. The third kappa shape index (κ3) is 6.27. The van der Waals surface area contributed by atoms with E-state index in [-0.39, 0.29) is 35.7 Å². The van der Waals surface area contributed by atoms with E-state index in [0.717, 1.165) is 17.0 Å². The van der Waals surface area contributed by atoms with Crippen LogP contribution in [-0.4, -0.2) is 52.8 Å². The normalized spacial score (nSPS) is 12.0. The van der Waals surface area contributed by atoms with Gasteiger partial charge in [0.05, 0.1) is 22.7 Å². The Morgan fingerprint density at radius 2 is 1.60 bits per heavy atom. The van der Waals surface area contributed by atoms with Crippen molar-refractivity contribution in [2.24, 2.45) is 0 Å². The molecule has 0 spiro atoms. The highest BCUT2D eigenvalue weighted by molar-refractivity contribution is 6.22. The fraction of sp³-hybridized carbons (Fsp3) is 0.148. The second-order valence-electron chi connectivity index (χ2n) is 8.42. The summed E-state index contributed by atoms with van der Waals surface area (Å²) in [5.41, 5.74) is 1.06. The van der Waals surface area contributed by atoms with Crippen LogP contribution in [0.1, 0.15) is 43.6 Å². The summed E-state index contributed by atoms with van der Waals surface area (Å²) in [5.74, 6) is -2.24. The molecule has 3 aromatic carbocycles. The number of nitrogens with one attached hydrogen (secondary N) is 2. The van der Waals surface area contributed by atoms with Crippen LogP contribution in [0.15, 0.2) is 66.7 Å². The molecule has 0 fully saturated rings. The first-order valence-electron chi connectivity index (χ1n) is 11.9. The number of anilines is 1. The van der Waals surface area contributed by atoms with Crippen LogP contribution in [0, 0.1) is 10.1 Å². The molecule has 0 unspecified atom stereocenters. The van der Waals surface area contributed by atoms with Gasteiger partial charge in [-0.25, -0.2) is 4.79 Å². The molecule has 0 aliphatic carbocycles. The van der Waals surface area contributed by atoms with Crippen molar-refractivity contribution in [3.05, 3.63) is 99.1 Å². The van der Waals surface area contributed by atoms with E-state index in [1.165, 1.54) is 30.3 Å². The Labute approximate surface area is 226 Å². The summed E-state index contributed by atoms with van der Waals surface area (Å²) in [6, 6.07) is 15.9. The minimum atomic E-state index is -0.840. The summed E-state index contributed by atoms with van der Waals surface area (Å²) in [5, 5.41) is 16.3. The minimum absolute atomic E-state index is 0.00184. The van der Waals surface area contributed by atoms with Crippen molar-refractivity contribution < 1.29 is 38.4 Å². The monoisotopic (exact) mass is 546 g/mol. The Hall–Kier alpha value is -5.59. The van der Waals surface area contributed by atoms with E-state index < -0.39 is 41.3 Å².